The fourth-order valence-corrected chi connectivity index (χ4v) is 2.78. The first kappa shape index (κ1) is 14.2. The van der Waals surface area contributed by atoms with Crippen molar-refractivity contribution in [3.05, 3.63) is 57.6 Å². The Morgan fingerprint density at radius 3 is 2.86 bits per heavy atom. The Bertz CT molecular complexity index is 701. The van der Waals surface area contributed by atoms with E-state index in [4.69, 9.17) is 27.9 Å². The maximum absolute atomic E-state index is 12.1. The van der Waals surface area contributed by atoms with Gasteiger partial charge in [-0.2, -0.15) is 0 Å². The van der Waals surface area contributed by atoms with Crippen LogP contribution in [0.25, 0.3) is 0 Å². The minimum absolute atomic E-state index is 0.113. The molecular formula is C16H13Cl2NO2. The van der Waals surface area contributed by atoms with Crippen molar-refractivity contribution in [1.29, 1.82) is 0 Å². The van der Waals surface area contributed by atoms with E-state index in [1.165, 1.54) is 0 Å². The smallest absolute Gasteiger partial charge is 0.228 e. The van der Waals surface area contributed by atoms with Gasteiger partial charge in [0.15, 0.2) is 0 Å². The third kappa shape index (κ3) is 3.31. The van der Waals surface area contributed by atoms with Crippen molar-refractivity contribution < 1.29 is 9.53 Å². The monoisotopic (exact) mass is 321 g/mol. The highest BCUT2D eigenvalue weighted by Crippen LogP contribution is 2.28. The van der Waals surface area contributed by atoms with E-state index in [1.807, 2.05) is 18.2 Å². The van der Waals surface area contributed by atoms with E-state index >= 15 is 0 Å². The average Bonchev–Trinajstić information content (AvgIpc) is 2.89. The van der Waals surface area contributed by atoms with Gasteiger partial charge in [-0.15, -0.1) is 0 Å². The standard InChI is InChI=1S/C16H13Cl2NO2/c17-12-2-1-10(14(18)9-12)8-16(20)19-13-3-4-15-11(7-13)5-6-21-15/h1-4,7,9H,5-6,8H2,(H,19,20). The molecule has 0 radical (unpaired) electrons. The number of anilines is 1. The van der Waals surface area contributed by atoms with Crippen LogP contribution in [0.2, 0.25) is 10.0 Å². The Balaban J connectivity index is 1.69. The average molecular weight is 322 g/mol. The first-order valence-corrected chi connectivity index (χ1v) is 7.37. The number of ether oxygens (including phenoxy) is 1. The number of rotatable bonds is 3. The molecule has 0 atom stereocenters. The Labute approximate surface area is 132 Å². The number of nitrogens with one attached hydrogen (secondary N) is 1. The predicted molar refractivity (Wildman–Crippen MR) is 84.4 cm³/mol. The van der Waals surface area contributed by atoms with E-state index in [2.05, 4.69) is 5.32 Å². The zero-order valence-electron chi connectivity index (χ0n) is 11.2. The Hall–Kier alpha value is -1.71. The summed E-state index contributed by atoms with van der Waals surface area (Å²) < 4.78 is 5.44. The molecule has 1 aliphatic rings. The van der Waals surface area contributed by atoms with Crippen LogP contribution >= 0.6 is 23.2 Å². The molecule has 0 saturated carbocycles. The van der Waals surface area contributed by atoms with E-state index in [0.717, 1.165) is 29.0 Å². The summed E-state index contributed by atoms with van der Waals surface area (Å²) in [6.45, 7) is 0.702. The lowest BCUT2D eigenvalue weighted by Crippen LogP contribution is -2.14. The molecule has 1 aliphatic heterocycles. The highest BCUT2D eigenvalue weighted by molar-refractivity contribution is 6.35. The number of amides is 1. The molecule has 0 saturated heterocycles. The molecule has 3 rings (SSSR count). The van der Waals surface area contributed by atoms with Gasteiger partial charge in [0.1, 0.15) is 5.75 Å². The summed E-state index contributed by atoms with van der Waals surface area (Å²) in [5, 5.41) is 3.93. The number of halogens is 2. The number of carbonyl (C=O) groups is 1. The van der Waals surface area contributed by atoms with Crippen molar-refractivity contribution in [2.45, 2.75) is 12.8 Å². The molecule has 3 nitrogen and oxygen atoms in total. The summed E-state index contributed by atoms with van der Waals surface area (Å²) in [5.74, 6) is 0.784. The summed E-state index contributed by atoms with van der Waals surface area (Å²) in [7, 11) is 0. The lowest BCUT2D eigenvalue weighted by molar-refractivity contribution is -0.115. The van der Waals surface area contributed by atoms with Gasteiger partial charge in [0, 0.05) is 22.2 Å². The maximum Gasteiger partial charge on any atom is 0.228 e. The van der Waals surface area contributed by atoms with E-state index < -0.39 is 0 Å². The highest BCUT2D eigenvalue weighted by Gasteiger charge is 2.13. The molecule has 2 aromatic carbocycles. The van der Waals surface area contributed by atoms with Crippen LogP contribution in [0.15, 0.2) is 36.4 Å². The third-order valence-electron chi connectivity index (χ3n) is 3.34. The maximum atomic E-state index is 12.1. The molecule has 1 amide bonds. The molecule has 0 fully saturated rings. The fraction of sp³-hybridized carbons (Fsp3) is 0.188. The molecule has 0 aromatic heterocycles. The molecule has 0 unspecified atom stereocenters. The SMILES string of the molecule is O=C(Cc1ccc(Cl)cc1Cl)Nc1ccc2c(c1)CCO2. The molecule has 1 heterocycles. The van der Waals surface area contributed by atoms with Gasteiger partial charge < -0.3 is 10.1 Å². The largest absolute Gasteiger partial charge is 0.493 e. The molecule has 1 N–H and O–H groups in total. The molecule has 21 heavy (non-hydrogen) atoms. The summed E-state index contributed by atoms with van der Waals surface area (Å²) in [5.41, 5.74) is 2.65. The van der Waals surface area contributed by atoms with Crippen LogP contribution in [-0.2, 0) is 17.6 Å². The number of carbonyl (C=O) groups excluding carboxylic acids is 1. The fourth-order valence-electron chi connectivity index (χ4n) is 2.31. The lowest BCUT2D eigenvalue weighted by atomic mass is 10.1. The minimum atomic E-state index is -0.113. The van der Waals surface area contributed by atoms with Crippen LogP contribution in [-0.4, -0.2) is 12.5 Å². The van der Waals surface area contributed by atoms with E-state index in [9.17, 15) is 4.79 Å². The van der Waals surface area contributed by atoms with Gasteiger partial charge in [0.25, 0.3) is 0 Å². The van der Waals surface area contributed by atoms with Crippen molar-refractivity contribution >= 4 is 34.8 Å². The molecular weight excluding hydrogens is 309 g/mol. The Morgan fingerprint density at radius 1 is 1.19 bits per heavy atom. The van der Waals surface area contributed by atoms with Gasteiger partial charge in [-0.3, -0.25) is 4.79 Å². The number of benzene rings is 2. The molecule has 0 bridgehead atoms. The summed E-state index contributed by atoms with van der Waals surface area (Å²) >= 11 is 11.9. The molecule has 5 heteroatoms. The van der Waals surface area contributed by atoms with Gasteiger partial charge >= 0.3 is 0 Å². The molecule has 0 aliphatic carbocycles. The number of hydrogen-bond donors (Lipinski definition) is 1. The Kier molecular flexibility index (Phi) is 4.04. The van der Waals surface area contributed by atoms with Crippen LogP contribution in [0, 0.1) is 0 Å². The lowest BCUT2D eigenvalue weighted by Gasteiger charge is -2.08. The van der Waals surface area contributed by atoms with Gasteiger partial charge in [0.2, 0.25) is 5.91 Å². The number of hydrogen-bond acceptors (Lipinski definition) is 2. The topological polar surface area (TPSA) is 38.3 Å². The summed E-state index contributed by atoms with van der Waals surface area (Å²) in [4.78, 5) is 12.1. The van der Waals surface area contributed by atoms with E-state index in [1.54, 1.807) is 18.2 Å². The van der Waals surface area contributed by atoms with Crippen LogP contribution < -0.4 is 10.1 Å². The van der Waals surface area contributed by atoms with Crippen molar-refractivity contribution in [2.75, 3.05) is 11.9 Å². The van der Waals surface area contributed by atoms with Crippen molar-refractivity contribution in [3.8, 4) is 5.75 Å². The Morgan fingerprint density at radius 2 is 2.05 bits per heavy atom. The van der Waals surface area contributed by atoms with Crippen LogP contribution in [0.1, 0.15) is 11.1 Å². The second kappa shape index (κ2) is 5.96. The first-order valence-electron chi connectivity index (χ1n) is 6.61. The van der Waals surface area contributed by atoms with Crippen molar-refractivity contribution in [3.63, 3.8) is 0 Å². The quantitative estimate of drug-likeness (QED) is 0.923. The van der Waals surface area contributed by atoms with Crippen LogP contribution in [0.4, 0.5) is 5.69 Å². The molecule has 0 spiro atoms. The molecule has 2 aromatic rings. The summed E-state index contributed by atoms with van der Waals surface area (Å²) in [6.07, 6.45) is 1.09. The normalized spacial score (nSPS) is 12.7. The second-order valence-electron chi connectivity index (χ2n) is 4.88. The zero-order chi connectivity index (χ0) is 14.8. The van der Waals surface area contributed by atoms with Crippen molar-refractivity contribution in [2.24, 2.45) is 0 Å². The van der Waals surface area contributed by atoms with E-state index in [-0.39, 0.29) is 12.3 Å². The van der Waals surface area contributed by atoms with Crippen molar-refractivity contribution in [1.82, 2.24) is 0 Å². The van der Waals surface area contributed by atoms with E-state index in [0.29, 0.717) is 16.7 Å². The summed E-state index contributed by atoms with van der Waals surface area (Å²) in [6, 6.07) is 10.8. The highest BCUT2D eigenvalue weighted by atomic mass is 35.5. The van der Waals surface area contributed by atoms with Gasteiger partial charge in [-0.1, -0.05) is 29.3 Å². The third-order valence-corrected chi connectivity index (χ3v) is 3.93. The van der Waals surface area contributed by atoms with Crippen LogP contribution in [0.5, 0.6) is 5.75 Å². The second-order valence-corrected chi connectivity index (χ2v) is 5.73. The predicted octanol–water partition coefficient (Wildman–Crippen LogP) is 4.11. The number of fused-ring (bicyclic) bond motifs is 1. The molecule has 108 valence electrons. The first-order chi connectivity index (χ1) is 10.1. The minimum Gasteiger partial charge on any atom is -0.493 e. The van der Waals surface area contributed by atoms with Gasteiger partial charge in [0.05, 0.1) is 13.0 Å². The zero-order valence-corrected chi connectivity index (χ0v) is 12.7. The van der Waals surface area contributed by atoms with Gasteiger partial charge in [-0.05, 0) is 41.5 Å². The van der Waals surface area contributed by atoms with Crippen LogP contribution in [0.3, 0.4) is 0 Å². The van der Waals surface area contributed by atoms with Gasteiger partial charge in [-0.25, -0.2) is 0 Å².